The molecular weight excluding hydrogens is 248 g/mol. The maximum Gasteiger partial charge on any atom is 0.500 e. The van der Waals surface area contributed by atoms with Crippen molar-refractivity contribution in [2.24, 2.45) is 0 Å². The van der Waals surface area contributed by atoms with Gasteiger partial charge in [-0.1, -0.05) is 0 Å². The predicted molar refractivity (Wildman–Crippen MR) is 76.6 cm³/mol. The molecule has 0 unspecified atom stereocenters. The van der Waals surface area contributed by atoms with Gasteiger partial charge in [0.2, 0.25) is 0 Å². The van der Waals surface area contributed by atoms with Crippen LogP contribution < -0.4 is 0 Å². The van der Waals surface area contributed by atoms with Crippen LogP contribution in [0.1, 0.15) is 6.42 Å². The largest absolute Gasteiger partial charge is 0.500 e. The van der Waals surface area contributed by atoms with Crippen LogP contribution in [-0.4, -0.2) is 87.3 Å². The highest BCUT2D eigenvalue weighted by molar-refractivity contribution is 6.60. The zero-order valence-corrected chi connectivity index (χ0v) is 14.2. The predicted octanol–water partition coefficient (Wildman–Crippen LogP) is 0.893. The minimum absolute atomic E-state index is 0.875. The lowest BCUT2D eigenvalue weighted by Crippen LogP contribution is -2.47. The Balaban J connectivity index is 4.07. The van der Waals surface area contributed by atoms with Crippen LogP contribution in [0.3, 0.4) is 0 Å². The SMILES string of the molecule is CO[Si](CCC[N+](C)(C)CCN(C)C)(OC)OC. The molecule has 0 aromatic heterocycles. The summed E-state index contributed by atoms with van der Waals surface area (Å²) in [7, 11) is 11.4. The van der Waals surface area contributed by atoms with Crippen molar-refractivity contribution in [3.8, 4) is 0 Å². The Morgan fingerprint density at radius 2 is 1.44 bits per heavy atom. The maximum absolute atomic E-state index is 5.43. The van der Waals surface area contributed by atoms with E-state index in [9.17, 15) is 0 Å². The number of likely N-dealkylation sites (N-methyl/N-ethyl adjacent to an activating group) is 2. The van der Waals surface area contributed by atoms with E-state index in [1.165, 1.54) is 0 Å². The molecule has 6 heteroatoms. The number of rotatable bonds is 10. The van der Waals surface area contributed by atoms with Crippen LogP contribution >= 0.6 is 0 Å². The fourth-order valence-corrected chi connectivity index (χ4v) is 3.57. The summed E-state index contributed by atoms with van der Waals surface area (Å²) in [4.78, 5) is 2.22. The summed E-state index contributed by atoms with van der Waals surface area (Å²) in [6, 6.07) is 0.875. The highest BCUT2D eigenvalue weighted by atomic mass is 28.4. The molecule has 0 aliphatic rings. The zero-order chi connectivity index (χ0) is 14.2. The highest BCUT2D eigenvalue weighted by Gasteiger charge is 2.37. The van der Waals surface area contributed by atoms with Gasteiger partial charge in [-0.3, -0.25) is 0 Å². The lowest BCUT2D eigenvalue weighted by molar-refractivity contribution is -0.889. The smallest absolute Gasteiger partial charge is 0.377 e. The molecule has 110 valence electrons. The van der Waals surface area contributed by atoms with Crippen LogP contribution in [0.2, 0.25) is 6.04 Å². The molecule has 0 aromatic carbocycles. The molecule has 0 spiro atoms. The third kappa shape index (κ3) is 6.82. The molecule has 0 radical (unpaired) electrons. The second-order valence-electron chi connectivity index (χ2n) is 5.59. The summed E-state index contributed by atoms with van der Waals surface area (Å²) in [5.74, 6) is 0. The lowest BCUT2D eigenvalue weighted by atomic mass is 10.3. The Morgan fingerprint density at radius 3 is 1.83 bits per heavy atom. The highest BCUT2D eigenvalue weighted by Crippen LogP contribution is 2.16. The minimum Gasteiger partial charge on any atom is -0.377 e. The molecular formula is C12H31N2O3Si+. The standard InChI is InChI=1S/C12H31N2O3Si/c1-13(2)9-11-14(3,4)10-8-12-18(15-5,16-6)17-7/h8-12H2,1-7H3/q+1. The minimum atomic E-state index is -2.38. The Labute approximate surface area is 114 Å². The first-order chi connectivity index (χ1) is 8.31. The van der Waals surface area contributed by atoms with Crippen molar-refractivity contribution in [2.75, 3.05) is 69.2 Å². The summed E-state index contributed by atoms with van der Waals surface area (Å²) in [5.41, 5.74) is 0. The average Bonchev–Trinajstić information content (AvgIpc) is 2.33. The first kappa shape index (κ1) is 18.0. The lowest BCUT2D eigenvalue weighted by Gasteiger charge is -2.32. The van der Waals surface area contributed by atoms with Crippen molar-refractivity contribution in [2.45, 2.75) is 12.5 Å². The molecule has 0 amide bonds. The molecule has 0 aliphatic heterocycles. The first-order valence-corrected chi connectivity index (χ1v) is 8.36. The summed E-state index contributed by atoms with van der Waals surface area (Å²) < 4.78 is 17.3. The molecule has 0 aromatic rings. The van der Waals surface area contributed by atoms with Crippen LogP contribution in [0, 0.1) is 0 Å². The van der Waals surface area contributed by atoms with Gasteiger partial charge < -0.3 is 22.7 Å². The summed E-state index contributed by atoms with van der Waals surface area (Å²) in [6.07, 6.45) is 1.06. The van der Waals surface area contributed by atoms with Crippen molar-refractivity contribution >= 4 is 8.80 Å². The monoisotopic (exact) mass is 279 g/mol. The third-order valence-electron chi connectivity index (χ3n) is 3.33. The topological polar surface area (TPSA) is 30.9 Å². The van der Waals surface area contributed by atoms with Gasteiger partial charge in [-0.25, -0.2) is 0 Å². The molecule has 0 aliphatic carbocycles. The van der Waals surface area contributed by atoms with Gasteiger partial charge in [0.15, 0.2) is 0 Å². The molecule has 0 bridgehead atoms. The van der Waals surface area contributed by atoms with Gasteiger partial charge in [-0.15, -0.1) is 0 Å². The fourth-order valence-electron chi connectivity index (χ4n) is 1.86. The third-order valence-corrected chi connectivity index (χ3v) is 6.16. The molecule has 0 atom stereocenters. The molecule has 0 heterocycles. The van der Waals surface area contributed by atoms with Gasteiger partial charge >= 0.3 is 8.80 Å². The van der Waals surface area contributed by atoms with Crippen molar-refractivity contribution < 1.29 is 17.8 Å². The van der Waals surface area contributed by atoms with Crippen molar-refractivity contribution in [3.05, 3.63) is 0 Å². The van der Waals surface area contributed by atoms with Crippen molar-refractivity contribution in [3.63, 3.8) is 0 Å². The van der Waals surface area contributed by atoms with Gasteiger partial charge in [0.25, 0.3) is 0 Å². The molecule has 0 fully saturated rings. The van der Waals surface area contributed by atoms with E-state index in [0.717, 1.165) is 36.6 Å². The van der Waals surface area contributed by atoms with E-state index >= 15 is 0 Å². The van der Waals surface area contributed by atoms with Crippen molar-refractivity contribution in [1.82, 2.24) is 4.90 Å². The van der Waals surface area contributed by atoms with E-state index in [0.29, 0.717) is 0 Å². The number of hydrogen-bond acceptors (Lipinski definition) is 4. The Morgan fingerprint density at radius 1 is 0.944 bits per heavy atom. The number of quaternary nitrogens is 1. The van der Waals surface area contributed by atoms with Crippen LogP contribution in [0.25, 0.3) is 0 Å². The molecule has 0 saturated heterocycles. The van der Waals surface area contributed by atoms with Gasteiger partial charge in [-0.05, 0) is 14.1 Å². The van der Waals surface area contributed by atoms with Crippen LogP contribution in [0.4, 0.5) is 0 Å². The van der Waals surface area contributed by atoms with E-state index in [-0.39, 0.29) is 0 Å². The normalized spacial score (nSPS) is 13.3. The molecule has 5 nitrogen and oxygen atoms in total. The van der Waals surface area contributed by atoms with Gasteiger partial charge in [0, 0.05) is 40.3 Å². The second-order valence-corrected chi connectivity index (χ2v) is 8.68. The number of nitrogens with zero attached hydrogens (tertiary/aromatic N) is 2. The van der Waals surface area contributed by atoms with E-state index < -0.39 is 8.80 Å². The van der Waals surface area contributed by atoms with Gasteiger partial charge in [0.05, 0.1) is 27.2 Å². The van der Waals surface area contributed by atoms with Crippen LogP contribution in [0.5, 0.6) is 0 Å². The van der Waals surface area contributed by atoms with Crippen molar-refractivity contribution in [1.29, 1.82) is 0 Å². The van der Waals surface area contributed by atoms with Gasteiger partial charge in [0.1, 0.15) is 0 Å². The van der Waals surface area contributed by atoms with E-state index in [4.69, 9.17) is 13.3 Å². The quantitative estimate of drug-likeness (QED) is 0.439. The summed E-state index contributed by atoms with van der Waals surface area (Å²) in [6.45, 7) is 3.36. The molecule has 0 rings (SSSR count). The first-order valence-electron chi connectivity index (χ1n) is 6.43. The molecule has 0 saturated carbocycles. The summed E-state index contributed by atoms with van der Waals surface area (Å²) in [5, 5.41) is 0. The number of hydrogen-bond donors (Lipinski definition) is 0. The Hall–Kier alpha value is 0.0169. The average molecular weight is 279 g/mol. The second kappa shape index (κ2) is 8.24. The van der Waals surface area contributed by atoms with E-state index in [1.807, 2.05) is 0 Å². The zero-order valence-electron chi connectivity index (χ0n) is 13.2. The van der Waals surface area contributed by atoms with Crippen LogP contribution in [0.15, 0.2) is 0 Å². The molecule has 18 heavy (non-hydrogen) atoms. The molecule has 0 N–H and O–H groups in total. The Kier molecular flexibility index (Phi) is 8.25. The van der Waals surface area contributed by atoms with E-state index in [2.05, 4.69) is 33.1 Å². The maximum atomic E-state index is 5.43. The fraction of sp³-hybridized carbons (Fsp3) is 1.00. The summed E-state index contributed by atoms with van der Waals surface area (Å²) >= 11 is 0. The Bertz CT molecular complexity index is 213. The van der Waals surface area contributed by atoms with Crippen LogP contribution in [-0.2, 0) is 13.3 Å². The van der Waals surface area contributed by atoms with E-state index in [1.54, 1.807) is 21.3 Å². The van der Waals surface area contributed by atoms with Gasteiger partial charge in [-0.2, -0.15) is 0 Å².